The summed E-state index contributed by atoms with van der Waals surface area (Å²) < 4.78 is 5.06. The van der Waals surface area contributed by atoms with E-state index < -0.39 is 11.9 Å². The van der Waals surface area contributed by atoms with Crippen LogP contribution in [0.5, 0.6) is 0 Å². The summed E-state index contributed by atoms with van der Waals surface area (Å²) >= 11 is 0. The zero-order valence-corrected chi connectivity index (χ0v) is 10.6. The largest absolute Gasteiger partial charge is 0.481 e. The molecule has 1 aliphatic heterocycles. The van der Waals surface area contributed by atoms with Gasteiger partial charge in [0.15, 0.2) is 0 Å². The van der Waals surface area contributed by atoms with Gasteiger partial charge in [-0.1, -0.05) is 5.16 Å². The van der Waals surface area contributed by atoms with Gasteiger partial charge in [-0.2, -0.15) is 4.98 Å². The molecule has 1 unspecified atom stereocenters. The maximum atomic E-state index is 11.9. The number of rotatable bonds is 5. The molecule has 8 nitrogen and oxygen atoms in total. The van der Waals surface area contributed by atoms with Crippen molar-refractivity contribution in [1.82, 2.24) is 20.4 Å². The van der Waals surface area contributed by atoms with Crippen LogP contribution in [0.4, 0.5) is 0 Å². The summed E-state index contributed by atoms with van der Waals surface area (Å²) in [5.74, 6) is -1.01. The highest BCUT2D eigenvalue weighted by atomic mass is 16.5. The molecule has 1 saturated heterocycles. The number of hydrogen-bond donors (Lipinski definition) is 2. The maximum Gasteiger partial charge on any atom is 0.305 e. The Balaban J connectivity index is 1.97. The number of hydrogen-bond acceptors (Lipinski definition) is 6. The summed E-state index contributed by atoms with van der Waals surface area (Å²) in [5.41, 5.74) is 0. The van der Waals surface area contributed by atoms with Crippen molar-refractivity contribution < 1.29 is 19.2 Å². The lowest BCUT2D eigenvalue weighted by atomic mass is 10.2. The van der Waals surface area contributed by atoms with E-state index >= 15 is 0 Å². The average molecular weight is 268 g/mol. The first-order valence-corrected chi connectivity index (χ1v) is 6.12. The van der Waals surface area contributed by atoms with Gasteiger partial charge in [-0.25, -0.2) is 0 Å². The molecule has 2 N–H and O–H groups in total. The highest BCUT2D eigenvalue weighted by molar-refractivity contribution is 5.90. The minimum Gasteiger partial charge on any atom is -0.481 e. The van der Waals surface area contributed by atoms with Crippen molar-refractivity contribution in [2.75, 3.05) is 20.1 Å². The molecule has 0 radical (unpaired) electrons. The van der Waals surface area contributed by atoms with Gasteiger partial charge < -0.3 is 19.8 Å². The van der Waals surface area contributed by atoms with Crippen LogP contribution in [0.25, 0.3) is 0 Å². The van der Waals surface area contributed by atoms with E-state index in [2.05, 4.69) is 15.5 Å². The molecule has 0 aromatic carbocycles. The first kappa shape index (κ1) is 13.5. The smallest absolute Gasteiger partial charge is 0.305 e. The van der Waals surface area contributed by atoms with Crippen LogP contribution < -0.4 is 5.32 Å². The molecule has 1 amide bonds. The standard InChI is InChI=1S/C11H16N4O4/c1-15(6-4-8(16)17)11(18)9-13-10(19-14-9)7-3-2-5-12-7/h7,12H,2-6H2,1H3,(H,16,17). The molecular formula is C11H16N4O4. The number of aliphatic carboxylic acids is 1. The maximum absolute atomic E-state index is 11.9. The Morgan fingerprint density at radius 2 is 2.37 bits per heavy atom. The van der Waals surface area contributed by atoms with Crippen LogP contribution in [0.1, 0.15) is 41.8 Å². The fourth-order valence-corrected chi connectivity index (χ4v) is 1.89. The minimum atomic E-state index is -0.955. The molecule has 19 heavy (non-hydrogen) atoms. The Morgan fingerprint density at radius 1 is 1.58 bits per heavy atom. The lowest BCUT2D eigenvalue weighted by Gasteiger charge is -2.12. The summed E-state index contributed by atoms with van der Waals surface area (Å²) in [6.07, 6.45) is 1.83. The van der Waals surface area contributed by atoms with E-state index in [4.69, 9.17) is 9.63 Å². The van der Waals surface area contributed by atoms with Gasteiger partial charge in [-0.3, -0.25) is 9.59 Å². The molecular weight excluding hydrogens is 252 g/mol. The van der Waals surface area contributed by atoms with Gasteiger partial charge in [0.05, 0.1) is 12.5 Å². The van der Waals surface area contributed by atoms with Crippen LogP contribution in [0.3, 0.4) is 0 Å². The van der Waals surface area contributed by atoms with Gasteiger partial charge in [0.1, 0.15) is 0 Å². The molecule has 1 fully saturated rings. The fourth-order valence-electron chi connectivity index (χ4n) is 1.89. The van der Waals surface area contributed by atoms with Gasteiger partial charge in [0.2, 0.25) is 5.89 Å². The third-order valence-electron chi connectivity index (χ3n) is 3.00. The first-order chi connectivity index (χ1) is 9.08. The summed E-state index contributed by atoms with van der Waals surface area (Å²) in [4.78, 5) is 27.7. The quantitative estimate of drug-likeness (QED) is 0.776. The van der Waals surface area contributed by atoms with Gasteiger partial charge in [0.25, 0.3) is 11.7 Å². The second kappa shape index (κ2) is 5.79. The summed E-state index contributed by atoms with van der Waals surface area (Å²) in [6, 6.07) is 0.0124. The zero-order chi connectivity index (χ0) is 13.8. The topological polar surface area (TPSA) is 109 Å². The molecule has 1 aromatic rings. The van der Waals surface area contributed by atoms with E-state index in [0.29, 0.717) is 5.89 Å². The van der Waals surface area contributed by atoms with Crippen LogP contribution in [0, 0.1) is 0 Å². The predicted molar refractivity (Wildman–Crippen MR) is 63.5 cm³/mol. The molecule has 2 rings (SSSR count). The Bertz CT molecular complexity index is 467. The van der Waals surface area contributed by atoms with Crippen molar-refractivity contribution in [1.29, 1.82) is 0 Å². The van der Waals surface area contributed by atoms with Crippen molar-refractivity contribution >= 4 is 11.9 Å². The molecule has 1 aromatic heterocycles. The molecule has 0 aliphatic carbocycles. The van der Waals surface area contributed by atoms with E-state index in [9.17, 15) is 9.59 Å². The molecule has 8 heteroatoms. The van der Waals surface area contributed by atoms with Crippen molar-refractivity contribution in [2.45, 2.75) is 25.3 Å². The number of carbonyl (C=O) groups is 2. The summed E-state index contributed by atoms with van der Waals surface area (Å²) in [6.45, 7) is 1.01. The van der Waals surface area contributed by atoms with E-state index in [1.807, 2.05) is 0 Å². The zero-order valence-electron chi connectivity index (χ0n) is 10.6. The van der Waals surface area contributed by atoms with Crippen molar-refractivity contribution in [2.24, 2.45) is 0 Å². The predicted octanol–water partition coefficient (Wildman–Crippen LogP) is 0.0408. The molecule has 0 saturated carbocycles. The number of nitrogens with zero attached hydrogens (tertiary/aromatic N) is 3. The lowest BCUT2D eigenvalue weighted by molar-refractivity contribution is -0.137. The fraction of sp³-hybridized carbons (Fsp3) is 0.636. The molecule has 0 bridgehead atoms. The SMILES string of the molecule is CN(CCC(=O)O)C(=O)c1noc(C2CCCN2)n1. The normalized spacial score (nSPS) is 18.5. The number of carboxylic acids is 1. The van der Waals surface area contributed by atoms with Gasteiger partial charge in [-0.05, 0) is 19.4 Å². The molecule has 2 heterocycles. The lowest BCUT2D eigenvalue weighted by Crippen LogP contribution is -2.30. The molecule has 1 aliphatic rings. The van der Waals surface area contributed by atoms with Crippen LogP contribution in [0.15, 0.2) is 4.52 Å². The van der Waals surface area contributed by atoms with Gasteiger partial charge in [-0.15, -0.1) is 0 Å². The van der Waals surface area contributed by atoms with E-state index in [1.54, 1.807) is 0 Å². The van der Waals surface area contributed by atoms with E-state index in [0.717, 1.165) is 19.4 Å². The van der Waals surface area contributed by atoms with Crippen LogP contribution in [-0.4, -0.2) is 52.2 Å². The number of aromatic nitrogens is 2. The first-order valence-electron chi connectivity index (χ1n) is 6.12. The second-order valence-corrected chi connectivity index (χ2v) is 4.48. The number of nitrogens with one attached hydrogen (secondary N) is 1. The van der Waals surface area contributed by atoms with Crippen molar-refractivity contribution in [3.05, 3.63) is 11.7 Å². The monoisotopic (exact) mass is 268 g/mol. The highest BCUT2D eigenvalue weighted by Crippen LogP contribution is 2.21. The number of amides is 1. The molecule has 1 atom stereocenters. The van der Waals surface area contributed by atoms with Crippen molar-refractivity contribution in [3.8, 4) is 0 Å². The van der Waals surface area contributed by atoms with Gasteiger partial charge in [0, 0.05) is 13.6 Å². The highest BCUT2D eigenvalue weighted by Gasteiger charge is 2.25. The van der Waals surface area contributed by atoms with E-state index in [-0.39, 0.29) is 24.8 Å². The molecule has 104 valence electrons. The van der Waals surface area contributed by atoms with E-state index in [1.165, 1.54) is 11.9 Å². The summed E-state index contributed by atoms with van der Waals surface area (Å²) in [7, 11) is 1.51. The number of carbonyl (C=O) groups excluding carboxylic acids is 1. The van der Waals surface area contributed by atoms with Crippen LogP contribution in [0.2, 0.25) is 0 Å². The Labute approximate surface area is 109 Å². The van der Waals surface area contributed by atoms with Crippen molar-refractivity contribution in [3.63, 3.8) is 0 Å². The Hall–Kier alpha value is -1.96. The Kier molecular flexibility index (Phi) is 4.10. The minimum absolute atomic E-state index is 0.0124. The van der Waals surface area contributed by atoms with Crippen LogP contribution in [-0.2, 0) is 4.79 Å². The molecule has 0 spiro atoms. The number of carboxylic acid groups (broad SMARTS) is 1. The average Bonchev–Trinajstić information content (AvgIpc) is 3.04. The van der Waals surface area contributed by atoms with Gasteiger partial charge >= 0.3 is 5.97 Å². The third-order valence-corrected chi connectivity index (χ3v) is 3.00. The second-order valence-electron chi connectivity index (χ2n) is 4.48. The Morgan fingerprint density at radius 3 is 3.00 bits per heavy atom. The third kappa shape index (κ3) is 3.28. The summed E-state index contributed by atoms with van der Waals surface area (Å²) in [5, 5.41) is 15.4. The van der Waals surface area contributed by atoms with Crippen LogP contribution >= 0.6 is 0 Å².